The molecular weight excluding hydrogens is 514 g/mol. The molecule has 210 valence electrons. The quantitative estimate of drug-likeness (QED) is 0.251. The van der Waals surface area contributed by atoms with Crippen LogP contribution in [-0.4, -0.2) is 54.7 Å². The normalized spacial score (nSPS) is 18.2. The van der Waals surface area contributed by atoms with E-state index in [2.05, 4.69) is 58.2 Å². The van der Waals surface area contributed by atoms with Crippen LogP contribution in [0.1, 0.15) is 36.9 Å². The second-order valence-electron chi connectivity index (χ2n) is 10.9. The molecule has 8 heteroatoms. The van der Waals surface area contributed by atoms with E-state index < -0.39 is 6.09 Å². The van der Waals surface area contributed by atoms with Gasteiger partial charge in [-0.2, -0.15) is 0 Å². The van der Waals surface area contributed by atoms with E-state index in [-0.39, 0.29) is 23.7 Å². The predicted molar refractivity (Wildman–Crippen MR) is 161 cm³/mol. The average Bonchev–Trinajstić information content (AvgIpc) is 3.33. The van der Waals surface area contributed by atoms with Gasteiger partial charge in [0.05, 0.1) is 16.6 Å². The molecule has 6 rings (SSSR count). The fourth-order valence-corrected chi connectivity index (χ4v) is 6.70. The third kappa shape index (κ3) is 5.35. The number of carboxylic acid groups (broad SMARTS) is 1. The van der Waals surface area contributed by atoms with Crippen LogP contribution in [0.15, 0.2) is 95.9 Å². The Hall–Kier alpha value is -4.43. The molecular formula is C33H35N5O3. The molecule has 1 fully saturated rings. The minimum Gasteiger partial charge on any atom is -0.465 e. The maximum atomic E-state index is 13.4. The number of H-pyrrole nitrogens is 1. The van der Waals surface area contributed by atoms with Gasteiger partial charge in [0.2, 0.25) is 0 Å². The SMILES string of the molecule is CCC(C1CN(C(=O)O)CCC1n1c(=O)[nH]c2ccccc21)N(Cc1ccccc1)Cc1ccnc2ccccc12. The highest BCUT2D eigenvalue weighted by molar-refractivity contribution is 5.81. The fourth-order valence-electron chi connectivity index (χ4n) is 6.70. The standard InChI is InChI=1S/C33H35N5O3/c1-2-29(26-22-36(33(40)41)19-17-30(26)38-31-15-9-8-14-28(31)35-32(38)39)37(20-23-10-4-3-5-11-23)21-24-16-18-34-27-13-7-6-12-25(24)27/h3-16,18,26,29-30H,2,17,19-22H2,1H3,(H,35,39)(H,40,41). The van der Waals surface area contributed by atoms with Gasteiger partial charge >= 0.3 is 11.8 Å². The fraction of sp³-hybridized carbons (Fsp3) is 0.303. The summed E-state index contributed by atoms with van der Waals surface area (Å²) in [4.78, 5) is 37.2. The second kappa shape index (κ2) is 11.6. The number of aromatic nitrogens is 3. The van der Waals surface area contributed by atoms with Crippen molar-refractivity contribution < 1.29 is 9.90 Å². The monoisotopic (exact) mass is 549 g/mol. The zero-order chi connectivity index (χ0) is 28.3. The molecule has 8 nitrogen and oxygen atoms in total. The Bertz CT molecular complexity index is 1710. The Kier molecular flexibility index (Phi) is 7.57. The number of piperidine rings is 1. The summed E-state index contributed by atoms with van der Waals surface area (Å²) in [7, 11) is 0. The van der Waals surface area contributed by atoms with E-state index in [1.54, 1.807) is 0 Å². The number of fused-ring (bicyclic) bond motifs is 2. The lowest BCUT2D eigenvalue weighted by Crippen LogP contribution is -2.53. The summed E-state index contributed by atoms with van der Waals surface area (Å²) >= 11 is 0. The van der Waals surface area contributed by atoms with Crippen LogP contribution in [0.2, 0.25) is 0 Å². The Labute approximate surface area is 238 Å². The van der Waals surface area contributed by atoms with Gasteiger partial charge in [-0.05, 0) is 48.2 Å². The lowest BCUT2D eigenvalue weighted by molar-refractivity contribution is 0.0343. The topological polar surface area (TPSA) is 94.5 Å². The van der Waals surface area contributed by atoms with Gasteiger partial charge in [0, 0.05) is 55.8 Å². The van der Waals surface area contributed by atoms with Gasteiger partial charge in [-0.15, -0.1) is 0 Å². The Morgan fingerprint density at radius 3 is 2.59 bits per heavy atom. The summed E-state index contributed by atoms with van der Waals surface area (Å²) < 4.78 is 1.88. The minimum absolute atomic E-state index is 0.00912. The number of nitrogens with zero attached hydrogens (tertiary/aromatic N) is 4. The number of likely N-dealkylation sites (tertiary alicyclic amines) is 1. The third-order valence-electron chi connectivity index (χ3n) is 8.57. The highest BCUT2D eigenvalue weighted by Crippen LogP contribution is 2.36. The van der Waals surface area contributed by atoms with Crippen LogP contribution < -0.4 is 5.69 Å². The molecule has 3 aromatic carbocycles. The first-order chi connectivity index (χ1) is 20.0. The Morgan fingerprint density at radius 1 is 1.02 bits per heavy atom. The number of rotatable bonds is 8. The molecule has 0 bridgehead atoms. The van der Waals surface area contributed by atoms with E-state index in [4.69, 9.17) is 0 Å². The molecule has 2 aromatic heterocycles. The van der Waals surface area contributed by atoms with Crippen LogP contribution in [0.25, 0.3) is 21.9 Å². The van der Waals surface area contributed by atoms with E-state index in [1.807, 2.05) is 59.3 Å². The highest BCUT2D eigenvalue weighted by Gasteiger charge is 2.40. The Morgan fingerprint density at radius 2 is 1.78 bits per heavy atom. The van der Waals surface area contributed by atoms with Crippen molar-refractivity contribution >= 4 is 28.0 Å². The molecule has 0 spiro atoms. The van der Waals surface area contributed by atoms with Crippen molar-refractivity contribution in [3.05, 3.63) is 113 Å². The number of imidazole rings is 1. The van der Waals surface area contributed by atoms with E-state index in [0.29, 0.717) is 32.6 Å². The molecule has 0 aliphatic carbocycles. The summed E-state index contributed by atoms with van der Waals surface area (Å²) in [5.41, 5.74) is 4.84. The van der Waals surface area contributed by atoms with E-state index in [9.17, 15) is 14.7 Å². The van der Waals surface area contributed by atoms with E-state index in [0.717, 1.165) is 28.4 Å². The van der Waals surface area contributed by atoms with Crippen molar-refractivity contribution in [1.82, 2.24) is 24.3 Å². The van der Waals surface area contributed by atoms with Crippen molar-refractivity contribution in [2.24, 2.45) is 5.92 Å². The smallest absolute Gasteiger partial charge is 0.407 e. The summed E-state index contributed by atoms with van der Waals surface area (Å²) in [6, 6.07) is 28.3. The maximum absolute atomic E-state index is 13.4. The lowest BCUT2D eigenvalue weighted by atomic mass is 9.83. The number of hydrogen-bond acceptors (Lipinski definition) is 4. The first kappa shape index (κ1) is 26.8. The van der Waals surface area contributed by atoms with Crippen LogP contribution >= 0.6 is 0 Å². The van der Waals surface area contributed by atoms with Crippen LogP contribution in [-0.2, 0) is 13.1 Å². The Balaban J connectivity index is 1.44. The van der Waals surface area contributed by atoms with Crippen molar-refractivity contribution in [1.29, 1.82) is 0 Å². The van der Waals surface area contributed by atoms with Crippen LogP contribution in [0.5, 0.6) is 0 Å². The molecule has 5 aromatic rings. The first-order valence-electron chi connectivity index (χ1n) is 14.3. The van der Waals surface area contributed by atoms with Gasteiger partial charge in [0.1, 0.15) is 0 Å². The molecule has 41 heavy (non-hydrogen) atoms. The molecule has 1 saturated heterocycles. The second-order valence-corrected chi connectivity index (χ2v) is 10.9. The number of aromatic amines is 1. The minimum atomic E-state index is -0.913. The maximum Gasteiger partial charge on any atom is 0.407 e. The molecule has 3 heterocycles. The van der Waals surface area contributed by atoms with E-state index in [1.165, 1.54) is 16.0 Å². The van der Waals surface area contributed by atoms with Crippen LogP contribution in [0.3, 0.4) is 0 Å². The van der Waals surface area contributed by atoms with E-state index >= 15 is 0 Å². The molecule has 1 amide bonds. The zero-order valence-corrected chi connectivity index (χ0v) is 23.2. The molecule has 0 saturated carbocycles. The number of para-hydroxylation sites is 3. The number of carbonyl (C=O) groups is 1. The van der Waals surface area contributed by atoms with Gasteiger partial charge in [-0.25, -0.2) is 9.59 Å². The van der Waals surface area contributed by atoms with Crippen LogP contribution in [0.4, 0.5) is 4.79 Å². The lowest BCUT2D eigenvalue weighted by Gasteiger charge is -2.45. The molecule has 1 aliphatic heterocycles. The summed E-state index contributed by atoms with van der Waals surface area (Å²) in [6.07, 6.45) is 2.33. The van der Waals surface area contributed by atoms with Crippen LogP contribution in [0, 0.1) is 5.92 Å². The van der Waals surface area contributed by atoms with Gasteiger partial charge < -0.3 is 15.0 Å². The highest BCUT2D eigenvalue weighted by atomic mass is 16.4. The predicted octanol–water partition coefficient (Wildman–Crippen LogP) is 5.90. The number of benzene rings is 3. The number of pyridine rings is 1. The summed E-state index contributed by atoms with van der Waals surface area (Å²) in [5.74, 6) is -0.0985. The zero-order valence-electron chi connectivity index (χ0n) is 23.2. The number of hydrogen-bond donors (Lipinski definition) is 2. The van der Waals surface area contributed by atoms with Crippen molar-refractivity contribution in [2.45, 2.75) is 44.9 Å². The molecule has 0 radical (unpaired) electrons. The molecule has 3 unspecified atom stereocenters. The molecule has 1 aliphatic rings. The third-order valence-corrected chi connectivity index (χ3v) is 8.57. The first-order valence-corrected chi connectivity index (χ1v) is 14.3. The summed E-state index contributed by atoms with van der Waals surface area (Å²) in [6.45, 7) is 4.31. The van der Waals surface area contributed by atoms with Crippen molar-refractivity contribution in [3.8, 4) is 0 Å². The van der Waals surface area contributed by atoms with Gasteiger partial charge in [-0.3, -0.25) is 14.5 Å². The van der Waals surface area contributed by atoms with Gasteiger partial charge in [0.25, 0.3) is 0 Å². The van der Waals surface area contributed by atoms with Crippen molar-refractivity contribution in [3.63, 3.8) is 0 Å². The van der Waals surface area contributed by atoms with Gasteiger partial charge in [-0.1, -0.05) is 67.6 Å². The number of amides is 1. The number of nitrogens with one attached hydrogen (secondary N) is 1. The molecule has 3 atom stereocenters. The largest absolute Gasteiger partial charge is 0.465 e. The van der Waals surface area contributed by atoms with Crippen molar-refractivity contribution in [2.75, 3.05) is 13.1 Å². The summed E-state index contributed by atoms with van der Waals surface area (Å²) in [5, 5.41) is 11.1. The molecule has 2 N–H and O–H groups in total. The average molecular weight is 550 g/mol. The van der Waals surface area contributed by atoms with Gasteiger partial charge in [0.15, 0.2) is 0 Å².